The maximum Gasteiger partial charge on any atom is 0.255 e. The molecule has 1 N–H and O–H groups in total. The van der Waals surface area contributed by atoms with Crippen molar-refractivity contribution < 1.29 is 9.18 Å². The first-order valence-electron chi connectivity index (χ1n) is 5.92. The number of nitrogens with zero attached hydrogens (tertiary/aromatic N) is 1. The van der Waals surface area contributed by atoms with Gasteiger partial charge in [0.25, 0.3) is 5.91 Å². The third-order valence-electron chi connectivity index (χ3n) is 2.65. The fourth-order valence-corrected chi connectivity index (χ4v) is 2.32. The van der Waals surface area contributed by atoms with E-state index >= 15 is 0 Å². The summed E-state index contributed by atoms with van der Waals surface area (Å²) < 4.78 is 13.5. The van der Waals surface area contributed by atoms with E-state index < -0.39 is 0 Å². The first kappa shape index (κ1) is 14.9. The van der Waals surface area contributed by atoms with Gasteiger partial charge in [0.2, 0.25) is 0 Å². The number of nitrogens with one attached hydrogen (secondary N) is 1. The molecule has 0 aliphatic carbocycles. The van der Waals surface area contributed by atoms with E-state index in [9.17, 15) is 9.18 Å². The molecular weight excluding hydrogens is 347 g/mol. The Bertz CT molecular complexity index is 664. The number of rotatable bonds is 3. The van der Waals surface area contributed by atoms with Crippen LogP contribution in [0.3, 0.4) is 0 Å². The second-order valence-electron chi connectivity index (χ2n) is 4.10. The van der Waals surface area contributed by atoms with E-state index in [1.165, 1.54) is 24.3 Å². The number of halogens is 3. The zero-order valence-electron chi connectivity index (χ0n) is 10.6. The van der Waals surface area contributed by atoms with Gasteiger partial charge in [-0.25, -0.2) is 9.37 Å². The molecule has 2 aromatic rings. The molecule has 0 spiro atoms. The lowest BCUT2D eigenvalue weighted by Crippen LogP contribution is -2.13. The first-order chi connectivity index (χ1) is 9.49. The molecule has 0 radical (unpaired) electrons. The summed E-state index contributed by atoms with van der Waals surface area (Å²) in [4.78, 5) is 16.3. The van der Waals surface area contributed by atoms with Crippen molar-refractivity contribution in [2.75, 3.05) is 5.32 Å². The average Bonchev–Trinajstić information content (AvgIpc) is 2.41. The predicted octanol–water partition coefficient (Wildman–Crippen LogP) is 4.45. The fourth-order valence-electron chi connectivity index (χ4n) is 1.65. The second kappa shape index (κ2) is 6.33. The molecule has 0 aliphatic heterocycles. The molecule has 0 fully saturated rings. The van der Waals surface area contributed by atoms with Gasteiger partial charge in [0.05, 0.1) is 5.69 Å². The van der Waals surface area contributed by atoms with Crippen molar-refractivity contribution in [3.8, 4) is 0 Å². The Labute approximate surface area is 129 Å². The molecule has 0 aliphatic rings. The largest absolute Gasteiger partial charge is 0.321 e. The number of amides is 1. The number of aryl methyl sites for hydroxylation is 1. The van der Waals surface area contributed by atoms with Gasteiger partial charge in [0.1, 0.15) is 11.0 Å². The van der Waals surface area contributed by atoms with Crippen molar-refractivity contribution in [3.63, 3.8) is 0 Å². The minimum absolute atomic E-state index is 0.271. The first-order valence-corrected chi connectivity index (χ1v) is 7.09. The van der Waals surface area contributed by atoms with Crippen molar-refractivity contribution in [1.29, 1.82) is 0 Å². The van der Waals surface area contributed by atoms with Gasteiger partial charge in [-0.15, -0.1) is 0 Å². The van der Waals surface area contributed by atoms with E-state index in [0.717, 1.165) is 5.69 Å². The maximum atomic E-state index is 13.0. The van der Waals surface area contributed by atoms with E-state index in [-0.39, 0.29) is 16.9 Å². The predicted molar refractivity (Wildman–Crippen MR) is 80.7 cm³/mol. The van der Waals surface area contributed by atoms with Crippen molar-refractivity contribution in [2.24, 2.45) is 0 Å². The Morgan fingerprint density at radius 2 is 2.15 bits per heavy atom. The number of pyridine rings is 1. The van der Waals surface area contributed by atoms with E-state index in [1.54, 1.807) is 6.07 Å². The zero-order valence-corrected chi connectivity index (χ0v) is 12.9. The van der Waals surface area contributed by atoms with Crippen LogP contribution in [0.5, 0.6) is 0 Å². The van der Waals surface area contributed by atoms with E-state index in [0.29, 0.717) is 22.1 Å². The Morgan fingerprint density at radius 1 is 1.40 bits per heavy atom. The molecule has 2 rings (SSSR count). The minimum atomic E-state index is -0.380. The zero-order chi connectivity index (χ0) is 14.7. The average molecular weight is 358 g/mol. The van der Waals surface area contributed by atoms with Crippen molar-refractivity contribution in [3.05, 3.63) is 57.0 Å². The standard InChI is InChI=1S/C14H11BrClFN2O/c1-2-10-5-8(6-13(16)18-10)14(20)19-12-4-3-9(17)7-11(12)15/h3-7H,2H2,1H3,(H,19,20). The number of benzene rings is 1. The lowest BCUT2D eigenvalue weighted by atomic mass is 10.2. The summed E-state index contributed by atoms with van der Waals surface area (Å²) in [6.45, 7) is 1.93. The number of carbonyl (C=O) groups is 1. The van der Waals surface area contributed by atoms with Crippen LogP contribution >= 0.6 is 27.5 Å². The van der Waals surface area contributed by atoms with Gasteiger partial charge in [-0.2, -0.15) is 0 Å². The Balaban J connectivity index is 2.26. The van der Waals surface area contributed by atoms with Crippen LogP contribution in [0.1, 0.15) is 23.0 Å². The third kappa shape index (κ3) is 3.55. The Kier molecular flexibility index (Phi) is 4.73. The van der Waals surface area contributed by atoms with Crippen LogP contribution < -0.4 is 5.32 Å². The van der Waals surface area contributed by atoms with Crippen LogP contribution in [-0.2, 0) is 6.42 Å². The molecule has 20 heavy (non-hydrogen) atoms. The fraction of sp³-hybridized carbons (Fsp3) is 0.143. The smallest absolute Gasteiger partial charge is 0.255 e. The van der Waals surface area contributed by atoms with E-state index in [4.69, 9.17) is 11.6 Å². The number of hydrogen-bond acceptors (Lipinski definition) is 2. The number of aromatic nitrogens is 1. The monoisotopic (exact) mass is 356 g/mol. The minimum Gasteiger partial charge on any atom is -0.321 e. The summed E-state index contributed by atoms with van der Waals surface area (Å²) in [6.07, 6.45) is 0.682. The van der Waals surface area contributed by atoms with Crippen molar-refractivity contribution in [2.45, 2.75) is 13.3 Å². The number of anilines is 1. The van der Waals surface area contributed by atoms with Crippen LogP contribution in [0, 0.1) is 5.82 Å². The highest BCUT2D eigenvalue weighted by atomic mass is 79.9. The molecule has 1 aromatic carbocycles. The summed E-state index contributed by atoms with van der Waals surface area (Å²) in [7, 11) is 0. The summed E-state index contributed by atoms with van der Waals surface area (Å²) >= 11 is 9.08. The molecule has 0 bridgehead atoms. The molecule has 1 heterocycles. The van der Waals surface area contributed by atoms with Gasteiger partial charge in [0.15, 0.2) is 0 Å². The highest BCUT2D eigenvalue weighted by molar-refractivity contribution is 9.10. The maximum absolute atomic E-state index is 13.0. The highest BCUT2D eigenvalue weighted by Gasteiger charge is 2.11. The van der Waals surface area contributed by atoms with Gasteiger partial charge < -0.3 is 5.32 Å². The van der Waals surface area contributed by atoms with Crippen molar-refractivity contribution in [1.82, 2.24) is 4.98 Å². The quantitative estimate of drug-likeness (QED) is 0.825. The van der Waals surface area contributed by atoms with Crippen LogP contribution in [0.25, 0.3) is 0 Å². The molecule has 1 amide bonds. The van der Waals surface area contributed by atoms with Gasteiger partial charge in [-0.3, -0.25) is 4.79 Å². The van der Waals surface area contributed by atoms with Gasteiger partial charge >= 0.3 is 0 Å². The van der Waals surface area contributed by atoms with Gasteiger partial charge in [0, 0.05) is 15.7 Å². The lowest BCUT2D eigenvalue weighted by molar-refractivity contribution is 0.102. The topological polar surface area (TPSA) is 42.0 Å². The normalized spacial score (nSPS) is 10.4. The lowest BCUT2D eigenvalue weighted by Gasteiger charge is -2.08. The van der Waals surface area contributed by atoms with Gasteiger partial charge in [-0.1, -0.05) is 18.5 Å². The number of hydrogen-bond donors (Lipinski definition) is 1. The second-order valence-corrected chi connectivity index (χ2v) is 5.34. The number of carbonyl (C=O) groups excluding carboxylic acids is 1. The molecule has 3 nitrogen and oxygen atoms in total. The third-order valence-corrected chi connectivity index (χ3v) is 3.50. The summed E-state index contributed by atoms with van der Waals surface area (Å²) in [5.74, 6) is -0.702. The highest BCUT2D eigenvalue weighted by Crippen LogP contribution is 2.24. The van der Waals surface area contributed by atoms with Crippen molar-refractivity contribution >= 4 is 39.1 Å². The van der Waals surface area contributed by atoms with Crippen LogP contribution in [0.15, 0.2) is 34.8 Å². The molecule has 0 saturated heterocycles. The molecule has 0 saturated carbocycles. The molecular formula is C14H11BrClFN2O. The van der Waals surface area contributed by atoms with Crippen LogP contribution in [-0.4, -0.2) is 10.9 Å². The molecule has 0 atom stereocenters. The summed E-state index contributed by atoms with van der Waals surface area (Å²) in [5, 5.41) is 2.96. The van der Waals surface area contributed by atoms with E-state index in [2.05, 4.69) is 26.2 Å². The Morgan fingerprint density at radius 3 is 2.80 bits per heavy atom. The van der Waals surface area contributed by atoms with E-state index in [1.807, 2.05) is 6.92 Å². The van der Waals surface area contributed by atoms with Crippen LogP contribution in [0.2, 0.25) is 5.15 Å². The Hall–Kier alpha value is -1.46. The SMILES string of the molecule is CCc1cc(C(=O)Nc2ccc(F)cc2Br)cc(Cl)n1. The van der Waals surface area contributed by atoms with Crippen LogP contribution in [0.4, 0.5) is 10.1 Å². The summed E-state index contributed by atoms with van der Waals surface area (Å²) in [6, 6.07) is 7.22. The molecule has 104 valence electrons. The molecule has 1 aromatic heterocycles. The molecule has 0 unspecified atom stereocenters. The molecule has 6 heteroatoms. The van der Waals surface area contributed by atoms with Gasteiger partial charge in [-0.05, 0) is 52.7 Å². The summed E-state index contributed by atoms with van der Waals surface area (Å²) in [5.41, 5.74) is 1.64.